The molecule has 7 nitrogen and oxygen atoms in total. The van der Waals surface area contributed by atoms with Crippen LogP contribution in [0.15, 0.2) is 127 Å². The van der Waals surface area contributed by atoms with Crippen LogP contribution in [-0.4, -0.2) is 28.5 Å². The van der Waals surface area contributed by atoms with E-state index in [1.165, 1.54) is 24.5 Å². The van der Waals surface area contributed by atoms with Crippen LogP contribution in [0.3, 0.4) is 0 Å². The molecule has 3 aliphatic carbocycles. The number of anilines is 1. The molecule has 2 fully saturated rings. The summed E-state index contributed by atoms with van der Waals surface area (Å²) in [6.07, 6.45) is -6.00. The fourth-order valence-corrected chi connectivity index (χ4v) is 10.0. The highest BCUT2D eigenvalue weighted by Crippen LogP contribution is 2.63. The van der Waals surface area contributed by atoms with Gasteiger partial charge in [0, 0.05) is 29.4 Å². The fraction of sp³-hybridized carbons (Fsp3) is 0.244. The Hall–Kier alpha value is -6.24. The molecule has 2 heterocycles. The molecule has 2 aliphatic heterocycles. The summed E-state index contributed by atoms with van der Waals surface area (Å²) in [7, 11) is 0. The number of halogens is 6. The molecule has 0 aromatic heterocycles. The van der Waals surface area contributed by atoms with E-state index in [0.29, 0.717) is 50.6 Å². The molecule has 4 aromatic carbocycles. The third kappa shape index (κ3) is 5.65. The molecule has 1 saturated carbocycles. The van der Waals surface area contributed by atoms with Gasteiger partial charge in [-0.25, -0.2) is 4.90 Å². The first-order valence-electron chi connectivity index (χ1n) is 18.5. The van der Waals surface area contributed by atoms with Crippen LogP contribution >= 0.6 is 0 Å². The second kappa shape index (κ2) is 13.2. The van der Waals surface area contributed by atoms with Crippen molar-refractivity contribution in [2.45, 2.75) is 37.0 Å². The molecule has 5 aliphatic rings. The van der Waals surface area contributed by atoms with E-state index in [-0.39, 0.29) is 36.7 Å². The number of hydrogen-bond donors (Lipinski definition) is 1. The predicted molar refractivity (Wildman–Crippen MR) is 197 cm³/mol. The standard InChI is InChI=1S/C45H31F6NO6/c46-44(47,48)27-17-28(45(49,50)51)19-29(18-27)52-41(56)32-13-12-31-34(38(32)42(52)57)20-35-40(55)33(23-7-3-1-4-8-23)21-37(54)43(35,26-9-5-2-6-10-26)39(31)25-15-24-16-30(53)11-14-36(24)58-22-25/h1-12,14,16-19,21-22,32,34-35,38-39,53H,13,15,20H2. The fourth-order valence-electron chi connectivity index (χ4n) is 10.0. The van der Waals surface area contributed by atoms with E-state index >= 15 is 9.59 Å². The van der Waals surface area contributed by atoms with Gasteiger partial charge >= 0.3 is 12.4 Å². The lowest BCUT2D eigenvalue weighted by Gasteiger charge is -2.56. The molecule has 294 valence electrons. The van der Waals surface area contributed by atoms with Gasteiger partial charge < -0.3 is 9.84 Å². The minimum atomic E-state index is -5.23. The van der Waals surface area contributed by atoms with Gasteiger partial charge in [0.25, 0.3) is 0 Å². The number of carbonyl (C=O) groups is 4. The molecule has 58 heavy (non-hydrogen) atoms. The molecule has 4 aromatic rings. The SMILES string of the molecule is O=C1C(c2ccccc2)=CC(=O)C2(c3ccccc3)C1CC1C(=CCC3C(=O)N(c4cc(C(F)(F)F)cc(C(F)(F)F)c4)C(=O)C31)C2C1=COc2ccc(O)cc2C1. The molecule has 6 unspecified atom stereocenters. The first-order valence-corrected chi connectivity index (χ1v) is 18.5. The average Bonchev–Trinajstić information content (AvgIpc) is 3.46. The molecule has 9 rings (SSSR count). The van der Waals surface area contributed by atoms with E-state index < -0.39 is 87.6 Å². The van der Waals surface area contributed by atoms with Gasteiger partial charge in [0.2, 0.25) is 11.8 Å². The highest BCUT2D eigenvalue weighted by atomic mass is 19.4. The number of phenolic OH excluding ortho intramolecular Hbond substituents is 1. The summed E-state index contributed by atoms with van der Waals surface area (Å²) in [4.78, 5) is 59.6. The Morgan fingerprint density at radius 1 is 0.759 bits per heavy atom. The first-order chi connectivity index (χ1) is 27.6. The predicted octanol–water partition coefficient (Wildman–Crippen LogP) is 8.81. The number of hydrogen-bond acceptors (Lipinski definition) is 6. The van der Waals surface area contributed by atoms with Crippen molar-refractivity contribution in [3.05, 3.63) is 154 Å². The number of ketones is 2. The van der Waals surface area contributed by atoms with E-state index in [4.69, 9.17) is 4.74 Å². The molecule has 1 N–H and O–H groups in total. The molecule has 0 spiro atoms. The van der Waals surface area contributed by atoms with Crippen molar-refractivity contribution in [1.82, 2.24) is 0 Å². The van der Waals surface area contributed by atoms with Gasteiger partial charge in [0.05, 0.1) is 40.3 Å². The highest BCUT2D eigenvalue weighted by molar-refractivity contribution is 6.31. The van der Waals surface area contributed by atoms with E-state index in [1.807, 2.05) is 0 Å². The number of amides is 2. The summed E-state index contributed by atoms with van der Waals surface area (Å²) in [6, 6.07) is 22.5. The molecule has 0 radical (unpaired) electrons. The van der Waals surface area contributed by atoms with Crippen LogP contribution in [0, 0.1) is 29.6 Å². The third-order valence-corrected chi connectivity index (χ3v) is 12.4. The summed E-state index contributed by atoms with van der Waals surface area (Å²) in [5.74, 6) is -7.89. The van der Waals surface area contributed by atoms with Gasteiger partial charge in [-0.2, -0.15) is 26.3 Å². The maximum atomic E-state index is 15.2. The second-order valence-electron chi connectivity index (χ2n) is 15.3. The number of ether oxygens (including phenoxy) is 1. The number of fused-ring (bicyclic) bond motifs is 5. The Bertz CT molecular complexity index is 2490. The normalized spacial score (nSPS) is 26.8. The summed E-state index contributed by atoms with van der Waals surface area (Å²) in [5, 5.41) is 10.4. The molecule has 0 bridgehead atoms. The smallest absolute Gasteiger partial charge is 0.416 e. The van der Waals surface area contributed by atoms with Crippen molar-refractivity contribution in [3.8, 4) is 11.5 Å². The van der Waals surface area contributed by atoms with Gasteiger partial charge in [-0.3, -0.25) is 19.2 Å². The third-order valence-electron chi connectivity index (χ3n) is 12.4. The Morgan fingerprint density at radius 3 is 2.07 bits per heavy atom. The molecule has 13 heteroatoms. The van der Waals surface area contributed by atoms with Crippen LogP contribution < -0.4 is 9.64 Å². The van der Waals surface area contributed by atoms with E-state index in [1.54, 1.807) is 72.8 Å². The quantitative estimate of drug-likeness (QED) is 0.126. The lowest BCUT2D eigenvalue weighted by Crippen LogP contribution is -2.60. The monoisotopic (exact) mass is 795 g/mol. The Kier molecular flexibility index (Phi) is 8.47. The Morgan fingerprint density at radius 2 is 1.41 bits per heavy atom. The van der Waals surface area contributed by atoms with E-state index in [0.717, 1.165) is 0 Å². The maximum absolute atomic E-state index is 15.2. The van der Waals surface area contributed by atoms with Crippen molar-refractivity contribution in [2.24, 2.45) is 29.6 Å². The van der Waals surface area contributed by atoms with Crippen molar-refractivity contribution in [2.75, 3.05) is 4.90 Å². The molecular weight excluding hydrogens is 764 g/mol. The Balaban J connectivity index is 1.23. The number of allylic oxidation sites excluding steroid dienone is 5. The summed E-state index contributed by atoms with van der Waals surface area (Å²) in [6.45, 7) is 0. The van der Waals surface area contributed by atoms with Crippen LogP contribution in [0.2, 0.25) is 0 Å². The summed E-state index contributed by atoms with van der Waals surface area (Å²) < 4.78 is 89.9. The number of nitrogens with zero attached hydrogens (tertiary/aromatic N) is 1. The van der Waals surface area contributed by atoms with E-state index in [9.17, 15) is 41.0 Å². The molecule has 2 amide bonds. The molecule has 6 atom stereocenters. The van der Waals surface area contributed by atoms with E-state index in [2.05, 4.69) is 0 Å². The maximum Gasteiger partial charge on any atom is 0.416 e. The van der Waals surface area contributed by atoms with Gasteiger partial charge in [-0.05, 0) is 77.9 Å². The minimum absolute atomic E-state index is 0.0433. The molecular formula is C45H31F6NO6. The van der Waals surface area contributed by atoms with Crippen LogP contribution in [-0.2, 0) is 43.4 Å². The largest absolute Gasteiger partial charge is 0.508 e. The lowest BCUT2D eigenvalue weighted by molar-refractivity contribution is -0.143. The zero-order valence-electron chi connectivity index (χ0n) is 30.2. The lowest BCUT2D eigenvalue weighted by atomic mass is 9.44. The zero-order chi connectivity index (χ0) is 40.9. The van der Waals surface area contributed by atoms with Crippen molar-refractivity contribution in [1.29, 1.82) is 0 Å². The van der Waals surface area contributed by atoms with Crippen LogP contribution in [0.25, 0.3) is 5.57 Å². The van der Waals surface area contributed by atoms with Crippen LogP contribution in [0.4, 0.5) is 32.0 Å². The van der Waals surface area contributed by atoms with Gasteiger partial charge in [-0.1, -0.05) is 72.3 Å². The highest BCUT2D eigenvalue weighted by Gasteiger charge is 2.66. The van der Waals surface area contributed by atoms with Gasteiger partial charge in [0.15, 0.2) is 11.6 Å². The van der Waals surface area contributed by atoms with Gasteiger partial charge in [-0.15, -0.1) is 0 Å². The summed E-state index contributed by atoms with van der Waals surface area (Å²) >= 11 is 0. The topological polar surface area (TPSA) is 101 Å². The van der Waals surface area contributed by atoms with Crippen LogP contribution in [0.1, 0.15) is 40.7 Å². The second-order valence-corrected chi connectivity index (χ2v) is 15.3. The zero-order valence-corrected chi connectivity index (χ0v) is 30.2. The number of rotatable bonds is 4. The first kappa shape index (κ1) is 37.3. The van der Waals surface area contributed by atoms with Crippen molar-refractivity contribution < 1.29 is 55.4 Å². The number of alkyl halides is 6. The van der Waals surface area contributed by atoms with Gasteiger partial charge in [0.1, 0.15) is 11.5 Å². The number of aromatic hydroxyl groups is 1. The number of imide groups is 1. The van der Waals surface area contributed by atoms with Crippen LogP contribution in [0.5, 0.6) is 11.5 Å². The Labute approximate surface area is 326 Å². The van der Waals surface area contributed by atoms with Crippen molar-refractivity contribution >= 4 is 34.6 Å². The number of carbonyl (C=O) groups excluding carboxylic acids is 4. The average molecular weight is 796 g/mol. The molecule has 1 saturated heterocycles. The number of benzene rings is 4. The number of Topliss-reactive ketones (excluding diaryl/α,β-unsaturated/α-hetero) is 1. The number of phenols is 1. The van der Waals surface area contributed by atoms with Crippen molar-refractivity contribution in [3.63, 3.8) is 0 Å². The minimum Gasteiger partial charge on any atom is -0.508 e. The summed E-state index contributed by atoms with van der Waals surface area (Å²) in [5.41, 5.74) is -3.07.